The van der Waals surface area contributed by atoms with Crippen LogP contribution < -0.4 is 0 Å². The Morgan fingerprint density at radius 2 is 1.90 bits per heavy atom. The maximum absolute atomic E-state index is 12.7. The molecule has 29 heavy (non-hydrogen) atoms. The average molecular weight is 425 g/mol. The molecule has 0 aromatic rings. The van der Waals surface area contributed by atoms with Crippen LogP contribution in [0.1, 0.15) is 85.0 Å². The molecule has 0 bridgehead atoms. The smallest absolute Gasteiger partial charge is 0.305 e. The Labute approximate surface area is 181 Å². The van der Waals surface area contributed by atoms with Crippen molar-refractivity contribution in [2.24, 2.45) is 11.8 Å². The fraction of sp³-hybridized carbons (Fsp3) is 0.750. The number of methoxy groups -OCH3 is 1. The van der Waals surface area contributed by atoms with Crippen LogP contribution in [0.25, 0.3) is 0 Å². The number of thioether (sulfide) groups is 1. The minimum absolute atomic E-state index is 0.0259. The van der Waals surface area contributed by atoms with Gasteiger partial charge in [0.25, 0.3) is 0 Å². The number of hydrogen-bond acceptors (Lipinski definition) is 5. The molecule has 0 aromatic heterocycles. The van der Waals surface area contributed by atoms with Crippen molar-refractivity contribution in [1.82, 2.24) is 0 Å². The second kappa shape index (κ2) is 13.3. The summed E-state index contributed by atoms with van der Waals surface area (Å²) < 4.78 is 4.65. The first-order valence-corrected chi connectivity index (χ1v) is 12.3. The van der Waals surface area contributed by atoms with E-state index in [9.17, 15) is 14.7 Å². The van der Waals surface area contributed by atoms with Crippen molar-refractivity contribution in [2.75, 3.05) is 13.4 Å². The molecule has 1 aliphatic rings. The molecule has 0 radical (unpaired) electrons. The van der Waals surface area contributed by atoms with Crippen LogP contribution in [0.15, 0.2) is 22.6 Å². The van der Waals surface area contributed by atoms with Crippen LogP contribution in [0, 0.1) is 11.8 Å². The normalized spacial score (nSPS) is 21.7. The molecule has 0 saturated carbocycles. The van der Waals surface area contributed by atoms with E-state index in [0.29, 0.717) is 29.2 Å². The lowest BCUT2D eigenvalue weighted by Crippen LogP contribution is -2.28. The SMILES string of the molecule is COC(=O)CCCCC/C=C1\C(=O)C(SC)=CC1(O)CCC(C)CCCC(C)C. The van der Waals surface area contributed by atoms with E-state index < -0.39 is 5.60 Å². The van der Waals surface area contributed by atoms with E-state index in [1.807, 2.05) is 12.3 Å². The predicted molar refractivity (Wildman–Crippen MR) is 122 cm³/mol. The number of esters is 1. The van der Waals surface area contributed by atoms with E-state index in [-0.39, 0.29) is 11.8 Å². The third-order valence-electron chi connectivity index (χ3n) is 5.68. The molecule has 1 aliphatic carbocycles. The van der Waals surface area contributed by atoms with Crippen molar-refractivity contribution in [3.05, 3.63) is 22.6 Å². The fourth-order valence-corrected chi connectivity index (χ4v) is 4.35. The highest BCUT2D eigenvalue weighted by atomic mass is 32.2. The van der Waals surface area contributed by atoms with Crippen LogP contribution in [0.5, 0.6) is 0 Å². The fourth-order valence-electron chi connectivity index (χ4n) is 3.74. The van der Waals surface area contributed by atoms with E-state index in [4.69, 9.17) is 0 Å². The van der Waals surface area contributed by atoms with E-state index in [2.05, 4.69) is 25.5 Å². The lowest BCUT2D eigenvalue weighted by molar-refractivity contribution is -0.140. The quantitative estimate of drug-likeness (QED) is 0.216. The Bertz CT molecular complexity index is 594. The van der Waals surface area contributed by atoms with Crippen LogP contribution in [0.4, 0.5) is 0 Å². The van der Waals surface area contributed by atoms with Crippen LogP contribution in [0.2, 0.25) is 0 Å². The predicted octanol–water partition coefficient (Wildman–Crippen LogP) is 5.84. The zero-order chi connectivity index (χ0) is 21.9. The number of ketones is 1. The first kappa shape index (κ1) is 26.0. The second-order valence-corrected chi connectivity index (χ2v) is 9.58. The molecule has 0 aliphatic heterocycles. The summed E-state index contributed by atoms with van der Waals surface area (Å²) in [5.41, 5.74) is -0.586. The lowest BCUT2D eigenvalue weighted by atomic mass is 9.86. The Hall–Kier alpha value is -1.07. The van der Waals surface area contributed by atoms with Gasteiger partial charge in [-0.3, -0.25) is 9.59 Å². The van der Waals surface area contributed by atoms with E-state index in [0.717, 1.165) is 38.0 Å². The topological polar surface area (TPSA) is 63.6 Å². The van der Waals surface area contributed by atoms with Crippen LogP contribution in [-0.4, -0.2) is 35.8 Å². The molecule has 4 nitrogen and oxygen atoms in total. The van der Waals surface area contributed by atoms with Gasteiger partial charge in [0, 0.05) is 12.0 Å². The van der Waals surface area contributed by atoms with Gasteiger partial charge >= 0.3 is 5.97 Å². The van der Waals surface area contributed by atoms with Crippen LogP contribution in [-0.2, 0) is 14.3 Å². The van der Waals surface area contributed by atoms with Gasteiger partial charge in [0.05, 0.1) is 12.0 Å². The maximum atomic E-state index is 12.7. The largest absolute Gasteiger partial charge is 0.469 e. The second-order valence-electron chi connectivity index (χ2n) is 8.73. The number of rotatable bonds is 14. The van der Waals surface area contributed by atoms with Crippen molar-refractivity contribution in [3.63, 3.8) is 0 Å². The first-order chi connectivity index (χ1) is 13.7. The van der Waals surface area contributed by atoms with Gasteiger partial charge in [-0.05, 0) is 56.3 Å². The van der Waals surface area contributed by atoms with Gasteiger partial charge in [0.1, 0.15) is 5.60 Å². The molecule has 0 fully saturated rings. The number of Topliss-reactive ketones (excluding diaryl/α,β-unsaturated/α-hetero) is 1. The number of carbonyl (C=O) groups excluding carboxylic acids is 2. The lowest BCUT2D eigenvalue weighted by Gasteiger charge is -2.24. The molecule has 0 saturated heterocycles. The highest BCUT2D eigenvalue weighted by Gasteiger charge is 2.41. The van der Waals surface area contributed by atoms with Crippen molar-refractivity contribution in [1.29, 1.82) is 0 Å². The number of aliphatic hydroxyl groups is 1. The van der Waals surface area contributed by atoms with Crippen molar-refractivity contribution in [3.8, 4) is 0 Å². The Morgan fingerprint density at radius 3 is 2.52 bits per heavy atom. The van der Waals surface area contributed by atoms with Crippen molar-refractivity contribution < 1.29 is 19.4 Å². The summed E-state index contributed by atoms with van der Waals surface area (Å²) in [6, 6.07) is 0. The Morgan fingerprint density at radius 1 is 1.17 bits per heavy atom. The Kier molecular flexibility index (Phi) is 11.9. The maximum Gasteiger partial charge on any atom is 0.305 e. The monoisotopic (exact) mass is 424 g/mol. The summed E-state index contributed by atoms with van der Waals surface area (Å²) in [4.78, 5) is 24.5. The molecule has 0 heterocycles. The summed E-state index contributed by atoms with van der Waals surface area (Å²) in [6.07, 6.45) is 14.5. The molecule has 166 valence electrons. The average Bonchev–Trinajstić information content (AvgIpc) is 2.92. The summed E-state index contributed by atoms with van der Waals surface area (Å²) in [5, 5.41) is 11.3. The number of carbonyl (C=O) groups is 2. The molecular weight excluding hydrogens is 384 g/mol. The minimum Gasteiger partial charge on any atom is -0.469 e. The molecule has 2 atom stereocenters. The van der Waals surface area contributed by atoms with Crippen LogP contribution in [0.3, 0.4) is 0 Å². The van der Waals surface area contributed by atoms with Gasteiger partial charge in [-0.2, -0.15) is 0 Å². The van der Waals surface area contributed by atoms with Gasteiger partial charge in [0.15, 0.2) is 5.78 Å². The number of allylic oxidation sites excluding steroid dienone is 2. The molecule has 1 rings (SSSR count). The number of hydrogen-bond donors (Lipinski definition) is 1. The van der Waals surface area contributed by atoms with Crippen molar-refractivity contribution >= 4 is 23.5 Å². The number of unbranched alkanes of at least 4 members (excludes halogenated alkanes) is 3. The number of ether oxygens (including phenoxy) is 1. The molecule has 5 heteroatoms. The summed E-state index contributed by atoms with van der Waals surface area (Å²) in [5.74, 6) is 1.06. The first-order valence-electron chi connectivity index (χ1n) is 11.0. The molecule has 0 spiro atoms. The standard InChI is InChI=1S/C24H40O4S/c1-18(2)11-10-12-19(3)15-16-24(27)17-21(29-5)23(26)20(24)13-8-6-7-9-14-22(25)28-4/h13,17-19,27H,6-12,14-16H2,1-5H3/b20-13+. The van der Waals surface area contributed by atoms with Gasteiger partial charge in [0.2, 0.25) is 0 Å². The van der Waals surface area contributed by atoms with Crippen LogP contribution >= 0.6 is 11.8 Å². The van der Waals surface area contributed by atoms with Gasteiger partial charge < -0.3 is 9.84 Å². The van der Waals surface area contributed by atoms with E-state index in [1.165, 1.54) is 38.1 Å². The van der Waals surface area contributed by atoms with Gasteiger partial charge in [-0.1, -0.05) is 52.5 Å². The van der Waals surface area contributed by atoms with Gasteiger partial charge in [-0.25, -0.2) is 0 Å². The van der Waals surface area contributed by atoms with Crippen molar-refractivity contribution in [2.45, 2.75) is 90.6 Å². The van der Waals surface area contributed by atoms with Gasteiger partial charge in [-0.15, -0.1) is 11.8 Å². The van der Waals surface area contributed by atoms with E-state index >= 15 is 0 Å². The summed E-state index contributed by atoms with van der Waals surface area (Å²) in [6.45, 7) is 6.74. The van der Waals surface area contributed by atoms with E-state index in [1.54, 1.807) is 6.08 Å². The third-order valence-corrected chi connectivity index (χ3v) is 6.43. The zero-order valence-corrected chi connectivity index (χ0v) is 19.8. The minimum atomic E-state index is -1.13. The molecular formula is C24H40O4S. The highest BCUT2D eigenvalue weighted by molar-refractivity contribution is 8.03. The third kappa shape index (κ3) is 9.08. The highest BCUT2D eigenvalue weighted by Crippen LogP contribution is 2.39. The zero-order valence-electron chi connectivity index (χ0n) is 19.0. The Balaban J connectivity index is 2.59. The molecule has 0 amide bonds. The summed E-state index contributed by atoms with van der Waals surface area (Å²) in [7, 11) is 1.40. The molecule has 2 unspecified atom stereocenters. The molecule has 0 aromatic carbocycles. The summed E-state index contributed by atoms with van der Waals surface area (Å²) >= 11 is 1.41. The molecule has 1 N–H and O–H groups in total.